The Morgan fingerprint density at radius 3 is 2.72 bits per heavy atom. The summed E-state index contributed by atoms with van der Waals surface area (Å²) in [7, 11) is 0. The van der Waals surface area contributed by atoms with Gasteiger partial charge >= 0.3 is 0 Å². The summed E-state index contributed by atoms with van der Waals surface area (Å²) in [6.45, 7) is 7.62. The number of aromatic amines is 1. The molecule has 2 unspecified atom stereocenters. The molecule has 25 heavy (non-hydrogen) atoms. The van der Waals surface area contributed by atoms with Gasteiger partial charge in [-0.1, -0.05) is 30.4 Å². The van der Waals surface area contributed by atoms with E-state index in [1.165, 1.54) is 16.5 Å². The highest BCUT2D eigenvalue weighted by Crippen LogP contribution is 2.41. The predicted molar refractivity (Wildman–Crippen MR) is 101 cm³/mol. The standard InChI is InChI=1S/C21H28N2O2/c1-3-24-21(25-4-2)13-16-9-10-20(21)23(15-16)12-11-17-14-22-19-8-6-5-7-18(17)19/h5-10,14,16,20,22H,3-4,11-13,15H2,1-2H3. The molecular weight excluding hydrogens is 312 g/mol. The molecule has 1 aliphatic carbocycles. The van der Waals surface area contributed by atoms with Crippen molar-refractivity contribution in [1.82, 2.24) is 9.88 Å². The van der Waals surface area contributed by atoms with Crippen molar-refractivity contribution in [3.05, 3.63) is 48.2 Å². The van der Waals surface area contributed by atoms with Gasteiger partial charge in [0.15, 0.2) is 5.79 Å². The Hall–Kier alpha value is -1.62. The van der Waals surface area contributed by atoms with Crippen LogP contribution in [0.25, 0.3) is 10.9 Å². The summed E-state index contributed by atoms with van der Waals surface area (Å²) in [6, 6.07) is 8.74. The number of hydrogen-bond donors (Lipinski definition) is 1. The topological polar surface area (TPSA) is 37.5 Å². The van der Waals surface area contributed by atoms with Crippen molar-refractivity contribution in [3.63, 3.8) is 0 Å². The van der Waals surface area contributed by atoms with E-state index < -0.39 is 5.79 Å². The largest absolute Gasteiger partial charge is 0.361 e. The number of piperidine rings is 1. The molecule has 4 nitrogen and oxygen atoms in total. The molecule has 1 N–H and O–H groups in total. The Morgan fingerprint density at radius 1 is 1.16 bits per heavy atom. The smallest absolute Gasteiger partial charge is 0.188 e. The first-order valence-electron chi connectivity index (χ1n) is 9.51. The van der Waals surface area contributed by atoms with Gasteiger partial charge in [0.05, 0.1) is 6.04 Å². The molecule has 3 heterocycles. The van der Waals surface area contributed by atoms with E-state index in [0.29, 0.717) is 19.1 Å². The lowest BCUT2D eigenvalue weighted by molar-refractivity contribution is -0.281. The number of hydrogen-bond acceptors (Lipinski definition) is 3. The van der Waals surface area contributed by atoms with E-state index in [9.17, 15) is 0 Å². The maximum atomic E-state index is 6.16. The summed E-state index contributed by atoms with van der Waals surface area (Å²) in [5.41, 5.74) is 2.61. The fourth-order valence-corrected chi connectivity index (χ4v) is 4.56. The predicted octanol–water partition coefficient (Wildman–Crippen LogP) is 3.74. The van der Waals surface area contributed by atoms with Crippen LogP contribution >= 0.6 is 0 Å². The van der Waals surface area contributed by atoms with Gasteiger partial charge in [-0.15, -0.1) is 0 Å². The second-order valence-electron chi connectivity index (χ2n) is 7.08. The summed E-state index contributed by atoms with van der Waals surface area (Å²) in [6.07, 6.45) is 8.82. The van der Waals surface area contributed by atoms with Crippen LogP contribution in [0.3, 0.4) is 0 Å². The molecular formula is C21H28N2O2. The third kappa shape index (κ3) is 3.03. The number of para-hydroxylation sites is 1. The fraction of sp³-hybridized carbons (Fsp3) is 0.524. The Bertz CT molecular complexity index is 745. The summed E-state index contributed by atoms with van der Waals surface area (Å²) in [5.74, 6) is 0.0487. The molecule has 2 atom stereocenters. The molecule has 0 spiro atoms. The Kier molecular flexibility index (Phi) is 4.67. The van der Waals surface area contributed by atoms with Gasteiger partial charge in [-0.2, -0.15) is 0 Å². The molecule has 1 aromatic carbocycles. The van der Waals surface area contributed by atoms with Gasteiger partial charge in [-0.3, -0.25) is 4.90 Å². The van der Waals surface area contributed by atoms with E-state index >= 15 is 0 Å². The summed E-state index contributed by atoms with van der Waals surface area (Å²) in [4.78, 5) is 5.93. The van der Waals surface area contributed by atoms with Crippen molar-refractivity contribution < 1.29 is 9.47 Å². The van der Waals surface area contributed by atoms with Crippen LogP contribution < -0.4 is 0 Å². The third-order valence-corrected chi connectivity index (χ3v) is 5.55. The Labute approximate surface area is 149 Å². The number of fused-ring (bicyclic) bond motifs is 3. The number of rotatable bonds is 7. The van der Waals surface area contributed by atoms with E-state index in [-0.39, 0.29) is 6.04 Å². The van der Waals surface area contributed by atoms with Crippen LogP contribution in [0, 0.1) is 5.92 Å². The Balaban J connectivity index is 1.52. The zero-order chi connectivity index (χ0) is 17.3. The van der Waals surface area contributed by atoms with E-state index in [1.54, 1.807) is 0 Å². The van der Waals surface area contributed by atoms with Gasteiger partial charge in [0.25, 0.3) is 0 Å². The first-order valence-corrected chi connectivity index (χ1v) is 9.51. The highest BCUT2D eigenvalue weighted by atomic mass is 16.7. The molecule has 134 valence electrons. The number of aromatic nitrogens is 1. The number of ether oxygens (including phenoxy) is 2. The second kappa shape index (κ2) is 6.94. The molecule has 3 aliphatic rings. The maximum Gasteiger partial charge on any atom is 0.188 e. The average Bonchev–Trinajstić information content (AvgIpc) is 3.04. The van der Waals surface area contributed by atoms with Gasteiger partial charge in [-0.25, -0.2) is 0 Å². The first-order chi connectivity index (χ1) is 12.3. The molecule has 5 rings (SSSR count). The van der Waals surface area contributed by atoms with E-state index in [1.807, 2.05) is 0 Å². The maximum absolute atomic E-state index is 6.16. The van der Waals surface area contributed by atoms with E-state index in [0.717, 1.165) is 25.9 Å². The van der Waals surface area contributed by atoms with Crippen molar-refractivity contribution in [2.75, 3.05) is 26.3 Å². The zero-order valence-electron chi connectivity index (χ0n) is 15.2. The second-order valence-corrected chi connectivity index (χ2v) is 7.08. The molecule has 1 saturated heterocycles. The van der Waals surface area contributed by atoms with Gasteiger partial charge in [0.2, 0.25) is 0 Å². The molecule has 1 fully saturated rings. The minimum Gasteiger partial charge on any atom is -0.361 e. The molecule has 2 bridgehead atoms. The van der Waals surface area contributed by atoms with Crippen LogP contribution in [0.4, 0.5) is 0 Å². The van der Waals surface area contributed by atoms with Gasteiger partial charge < -0.3 is 14.5 Å². The number of H-pyrrole nitrogens is 1. The van der Waals surface area contributed by atoms with Crippen LogP contribution in [-0.2, 0) is 15.9 Å². The van der Waals surface area contributed by atoms with Crippen molar-refractivity contribution in [2.45, 2.75) is 38.5 Å². The number of benzene rings is 1. The van der Waals surface area contributed by atoms with Crippen LogP contribution in [0.15, 0.2) is 42.6 Å². The zero-order valence-corrected chi connectivity index (χ0v) is 15.2. The van der Waals surface area contributed by atoms with Crippen molar-refractivity contribution in [3.8, 4) is 0 Å². The van der Waals surface area contributed by atoms with Crippen LogP contribution in [0.2, 0.25) is 0 Å². The van der Waals surface area contributed by atoms with Crippen molar-refractivity contribution in [1.29, 1.82) is 0 Å². The average molecular weight is 340 g/mol. The monoisotopic (exact) mass is 340 g/mol. The molecule has 0 amide bonds. The normalized spacial score (nSPS) is 25.0. The SMILES string of the molecule is CCOC1(OCC)CC2C=CC1N(CCc1c[nH]c3ccccc13)C2. The lowest BCUT2D eigenvalue weighted by atomic mass is 9.80. The molecule has 0 saturated carbocycles. The van der Waals surface area contributed by atoms with E-state index in [4.69, 9.17) is 9.47 Å². The highest BCUT2D eigenvalue weighted by Gasteiger charge is 2.50. The fourth-order valence-electron chi connectivity index (χ4n) is 4.56. The molecule has 2 aromatic rings. The molecule has 0 radical (unpaired) electrons. The summed E-state index contributed by atoms with van der Waals surface area (Å²) in [5, 5.41) is 1.33. The lowest BCUT2D eigenvalue weighted by Crippen LogP contribution is -2.63. The quantitative estimate of drug-likeness (QED) is 0.616. The third-order valence-electron chi connectivity index (χ3n) is 5.55. The van der Waals surface area contributed by atoms with Crippen LogP contribution in [-0.4, -0.2) is 48.0 Å². The van der Waals surface area contributed by atoms with Crippen molar-refractivity contribution in [2.24, 2.45) is 5.92 Å². The number of nitrogens with one attached hydrogen (secondary N) is 1. The lowest BCUT2D eigenvalue weighted by Gasteiger charge is -2.53. The summed E-state index contributed by atoms with van der Waals surface area (Å²) < 4.78 is 12.3. The van der Waals surface area contributed by atoms with Gasteiger partial charge in [-0.05, 0) is 37.8 Å². The van der Waals surface area contributed by atoms with Crippen LogP contribution in [0.1, 0.15) is 25.8 Å². The summed E-state index contributed by atoms with van der Waals surface area (Å²) >= 11 is 0. The van der Waals surface area contributed by atoms with Crippen LogP contribution in [0.5, 0.6) is 0 Å². The highest BCUT2D eigenvalue weighted by molar-refractivity contribution is 5.83. The molecule has 1 aromatic heterocycles. The Morgan fingerprint density at radius 2 is 1.96 bits per heavy atom. The van der Waals surface area contributed by atoms with Gasteiger partial charge in [0.1, 0.15) is 0 Å². The molecule has 2 aliphatic heterocycles. The number of nitrogens with zero attached hydrogens (tertiary/aromatic N) is 1. The minimum absolute atomic E-state index is 0.211. The van der Waals surface area contributed by atoms with E-state index in [2.05, 4.69) is 66.3 Å². The van der Waals surface area contributed by atoms with Gasteiger partial charge in [0, 0.05) is 49.8 Å². The first kappa shape index (κ1) is 16.8. The minimum atomic E-state index is -0.471. The molecule has 4 heteroatoms. The van der Waals surface area contributed by atoms with Crippen molar-refractivity contribution >= 4 is 10.9 Å².